The van der Waals surface area contributed by atoms with Crippen LogP contribution in [0.3, 0.4) is 0 Å². The number of rotatable bonds is 4. The molecule has 0 saturated carbocycles. The molecule has 0 aliphatic heterocycles. The molecule has 2 N–H and O–H groups in total. The van der Waals surface area contributed by atoms with Gasteiger partial charge in [-0.3, -0.25) is 9.59 Å². The molecule has 5 nitrogen and oxygen atoms in total. The molecule has 0 radical (unpaired) electrons. The van der Waals surface area contributed by atoms with E-state index in [1.807, 2.05) is 0 Å². The lowest BCUT2D eigenvalue weighted by molar-refractivity contribution is -0.136. The molecule has 102 valence electrons. The third-order valence-corrected chi connectivity index (χ3v) is 2.93. The first-order valence-corrected chi connectivity index (χ1v) is 6.58. The molecule has 0 unspecified atom stereocenters. The third-order valence-electron chi connectivity index (χ3n) is 2.49. The van der Waals surface area contributed by atoms with Gasteiger partial charge >= 0.3 is 5.97 Å². The molecule has 0 atom stereocenters. The lowest BCUT2D eigenvalue weighted by Gasteiger charge is -2.06. The standard InChI is InChI=1S/C14H11BrN2O3/c15-12-6-2-5-11(17-12)14(20)16-10-4-1-3-9(7-10)8-13(18)19/h1-7H,8H2,(H,16,20)(H,18,19). The fourth-order valence-electron chi connectivity index (χ4n) is 1.66. The Morgan fingerprint density at radius 2 is 1.95 bits per heavy atom. The average Bonchev–Trinajstić information content (AvgIpc) is 2.38. The Kier molecular flexibility index (Phi) is 4.47. The van der Waals surface area contributed by atoms with Gasteiger partial charge in [-0.1, -0.05) is 18.2 Å². The van der Waals surface area contributed by atoms with Gasteiger partial charge in [0.15, 0.2) is 0 Å². The van der Waals surface area contributed by atoms with E-state index in [4.69, 9.17) is 5.11 Å². The van der Waals surface area contributed by atoms with E-state index < -0.39 is 5.97 Å². The summed E-state index contributed by atoms with van der Waals surface area (Å²) in [6, 6.07) is 11.8. The van der Waals surface area contributed by atoms with E-state index >= 15 is 0 Å². The highest BCUT2D eigenvalue weighted by Gasteiger charge is 2.09. The summed E-state index contributed by atoms with van der Waals surface area (Å²) in [7, 11) is 0. The van der Waals surface area contributed by atoms with Crippen molar-refractivity contribution in [2.45, 2.75) is 6.42 Å². The first kappa shape index (κ1) is 14.2. The van der Waals surface area contributed by atoms with Crippen LogP contribution < -0.4 is 5.32 Å². The maximum absolute atomic E-state index is 12.0. The molecule has 1 aromatic heterocycles. The van der Waals surface area contributed by atoms with Crippen molar-refractivity contribution in [3.63, 3.8) is 0 Å². The quantitative estimate of drug-likeness (QED) is 0.842. The summed E-state index contributed by atoms with van der Waals surface area (Å²) in [6.45, 7) is 0. The van der Waals surface area contributed by atoms with E-state index in [-0.39, 0.29) is 18.0 Å². The van der Waals surface area contributed by atoms with Gasteiger partial charge in [0.1, 0.15) is 10.3 Å². The topological polar surface area (TPSA) is 79.3 Å². The summed E-state index contributed by atoms with van der Waals surface area (Å²) < 4.78 is 0.574. The highest BCUT2D eigenvalue weighted by molar-refractivity contribution is 9.10. The number of amides is 1. The lowest BCUT2D eigenvalue weighted by Crippen LogP contribution is -2.14. The van der Waals surface area contributed by atoms with E-state index in [1.165, 1.54) is 0 Å². The first-order chi connectivity index (χ1) is 9.54. The van der Waals surface area contributed by atoms with Crippen molar-refractivity contribution in [3.8, 4) is 0 Å². The van der Waals surface area contributed by atoms with Gasteiger partial charge in [0.2, 0.25) is 0 Å². The summed E-state index contributed by atoms with van der Waals surface area (Å²) in [6.07, 6.45) is -0.0845. The molecule has 1 amide bonds. The van der Waals surface area contributed by atoms with Crippen LogP contribution in [-0.4, -0.2) is 22.0 Å². The molecular weight excluding hydrogens is 324 g/mol. The first-order valence-electron chi connectivity index (χ1n) is 5.79. The Bertz CT molecular complexity index is 658. The van der Waals surface area contributed by atoms with Gasteiger partial charge in [-0.2, -0.15) is 0 Å². The minimum absolute atomic E-state index is 0.0845. The number of carboxylic acid groups (broad SMARTS) is 1. The molecule has 2 rings (SSSR count). The highest BCUT2D eigenvalue weighted by atomic mass is 79.9. The number of carbonyl (C=O) groups excluding carboxylic acids is 1. The van der Waals surface area contributed by atoms with Gasteiger partial charge in [-0.25, -0.2) is 4.98 Å². The third kappa shape index (κ3) is 3.89. The normalized spacial score (nSPS) is 10.1. The van der Waals surface area contributed by atoms with Crippen LogP contribution in [0.15, 0.2) is 47.1 Å². The molecule has 0 aliphatic rings. The molecule has 0 fully saturated rings. The zero-order chi connectivity index (χ0) is 14.5. The van der Waals surface area contributed by atoms with E-state index in [0.29, 0.717) is 15.9 Å². The van der Waals surface area contributed by atoms with Crippen LogP contribution in [-0.2, 0) is 11.2 Å². The second kappa shape index (κ2) is 6.29. The smallest absolute Gasteiger partial charge is 0.307 e. The molecule has 2 aromatic rings. The fourth-order valence-corrected chi connectivity index (χ4v) is 2.01. The van der Waals surface area contributed by atoms with Crippen LogP contribution in [0.25, 0.3) is 0 Å². The summed E-state index contributed by atoms with van der Waals surface area (Å²) >= 11 is 3.20. The molecule has 6 heteroatoms. The number of aromatic nitrogens is 1. The number of halogens is 1. The van der Waals surface area contributed by atoms with Gasteiger partial charge in [-0.05, 0) is 45.8 Å². The molecular formula is C14H11BrN2O3. The number of benzene rings is 1. The SMILES string of the molecule is O=C(O)Cc1cccc(NC(=O)c2cccc(Br)n2)c1. The van der Waals surface area contributed by atoms with Crippen molar-refractivity contribution in [1.82, 2.24) is 4.98 Å². The number of hydrogen-bond acceptors (Lipinski definition) is 3. The van der Waals surface area contributed by atoms with Gasteiger partial charge in [0.05, 0.1) is 6.42 Å². The molecule has 0 bridgehead atoms. The van der Waals surface area contributed by atoms with Crippen LogP contribution in [0.2, 0.25) is 0 Å². The van der Waals surface area contributed by atoms with Crippen molar-refractivity contribution in [2.24, 2.45) is 0 Å². The van der Waals surface area contributed by atoms with Crippen molar-refractivity contribution in [2.75, 3.05) is 5.32 Å². The minimum Gasteiger partial charge on any atom is -0.481 e. The number of nitrogens with one attached hydrogen (secondary N) is 1. The monoisotopic (exact) mass is 334 g/mol. The van der Waals surface area contributed by atoms with Crippen molar-refractivity contribution in [1.29, 1.82) is 0 Å². The summed E-state index contributed by atoms with van der Waals surface area (Å²) in [4.78, 5) is 26.7. The maximum Gasteiger partial charge on any atom is 0.307 e. The van der Waals surface area contributed by atoms with Crippen molar-refractivity contribution < 1.29 is 14.7 Å². The number of carbonyl (C=O) groups is 2. The molecule has 20 heavy (non-hydrogen) atoms. The van der Waals surface area contributed by atoms with E-state index in [2.05, 4.69) is 26.2 Å². The summed E-state index contributed by atoms with van der Waals surface area (Å²) in [5.74, 6) is -1.26. The largest absolute Gasteiger partial charge is 0.481 e. The van der Waals surface area contributed by atoms with E-state index in [1.54, 1.807) is 42.5 Å². The van der Waals surface area contributed by atoms with Crippen LogP contribution >= 0.6 is 15.9 Å². The predicted molar refractivity (Wildman–Crippen MR) is 77.7 cm³/mol. The van der Waals surface area contributed by atoms with E-state index in [0.717, 1.165) is 0 Å². The van der Waals surface area contributed by atoms with Crippen molar-refractivity contribution in [3.05, 3.63) is 58.3 Å². The maximum atomic E-state index is 12.0. The lowest BCUT2D eigenvalue weighted by atomic mass is 10.1. The van der Waals surface area contributed by atoms with Crippen LogP contribution in [0.5, 0.6) is 0 Å². The van der Waals surface area contributed by atoms with Crippen LogP contribution in [0, 0.1) is 0 Å². The molecule has 1 aromatic carbocycles. The number of carboxylic acids is 1. The van der Waals surface area contributed by atoms with Gasteiger partial charge in [0.25, 0.3) is 5.91 Å². The van der Waals surface area contributed by atoms with Gasteiger partial charge in [0, 0.05) is 5.69 Å². The number of anilines is 1. The molecule has 0 saturated heterocycles. The molecule has 1 heterocycles. The number of aliphatic carboxylic acids is 1. The van der Waals surface area contributed by atoms with Gasteiger partial charge < -0.3 is 10.4 Å². The Morgan fingerprint density at radius 1 is 1.20 bits per heavy atom. The zero-order valence-electron chi connectivity index (χ0n) is 10.3. The zero-order valence-corrected chi connectivity index (χ0v) is 11.9. The molecule has 0 spiro atoms. The average molecular weight is 335 g/mol. The van der Waals surface area contributed by atoms with Gasteiger partial charge in [-0.15, -0.1) is 0 Å². The second-order valence-corrected chi connectivity index (χ2v) is 4.88. The van der Waals surface area contributed by atoms with Crippen LogP contribution in [0.4, 0.5) is 5.69 Å². The number of pyridine rings is 1. The van der Waals surface area contributed by atoms with Crippen molar-refractivity contribution >= 4 is 33.5 Å². The summed E-state index contributed by atoms with van der Waals surface area (Å²) in [5, 5.41) is 11.4. The predicted octanol–water partition coefficient (Wildman–Crippen LogP) is 2.72. The number of nitrogens with zero attached hydrogens (tertiary/aromatic N) is 1. The Balaban J connectivity index is 2.13. The Labute approximate surface area is 123 Å². The van der Waals surface area contributed by atoms with E-state index in [9.17, 15) is 9.59 Å². The highest BCUT2D eigenvalue weighted by Crippen LogP contribution is 2.13. The van der Waals surface area contributed by atoms with Crippen LogP contribution in [0.1, 0.15) is 16.1 Å². The Hall–Kier alpha value is -2.21. The Morgan fingerprint density at radius 3 is 2.65 bits per heavy atom. The summed E-state index contributed by atoms with van der Waals surface area (Å²) in [5.41, 5.74) is 1.44. The number of hydrogen-bond donors (Lipinski definition) is 2. The minimum atomic E-state index is -0.915. The molecule has 0 aliphatic carbocycles. The fraction of sp³-hybridized carbons (Fsp3) is 0.0714. The second-order valence-electron chi connectivity index (χ2n) is 4.07.